The molecule has 2 fully saturated rings. The van der Waals surface area contributed by atoms with Crippen molar-refractivity contribution in [2.75, 3.05) is 51.3 Å². The molecule has 1 aromatic heterocycles. The first-order chi connectivity index (χ1) is 19.5. The van der Waals surface area contributed by atoms with Crippen molar-refractivity contribution in [3.63, 3.8) is 0 Å². The normalized spacial score (nSPS) is 18.6. The van der Waals surface area contributed by atoms with Crippen molar-refractivity contribution in [3.05, 3.63) is 70.3 Å². The first kappa shape index (κ1) is 25.0. The highest BCUT2D eigenvalue weighted by atomic mass is 19.1. The van der Waals surface area contributed by atoms with Crippen LogP contribution in [0.25, 0.3) is 27.4 Å². The van der Waals surface area contributed by atoms with E-state index in [2.05, 4.69) is 17.1 Å². The van der Waals surface area contributed by atoms with Crippen LogP contribution in [0.3, 0.4) is 0 Å². The first-order valence-electron chi connectivity index (χ1n) is 14.0. The van der Waals surface area contributed by atoms with Gasteiger partial charge < -0.3 is 24.3 Å². The Bertz CT molecular complexity index is 1710. The molecule has 0 saturated carbocycles. The highest BCUT2D eigenvalue weighted by Gasteiger charge is 2.31. The summed E-state index contributed by atoms with van der Waals surface area (Å²) in [6.07, 6.45) is 3.75. The number of likely N-dealkylation sites (N-methyl/N-ethyl adjacent to an activating group) is 1. The minimum Gasteiger partial charge on any atom is -0.451 e. The fraction of sp³-hybridized carbons (Fsp3) is 0.355. The number of amides is 1. The van der Waals surface area contributed by atoms with Gasteiger partial charge in [0, 0.05) is 31.9 Å². The molecule has 1 atom stereocenters. The lowest BCUT2D eigenvalue weighted by molar-refractivity contribution is 0.0302. The molecule has 3 aliphatic heterocycles. The molecule has 8 nitrogen and oxygen atoms in total. The van der Waals surface area contributed by atoms with Crippen LogP contribution in [-0.4, -0.2) is 72.3 Å². The third kappa shape index (κ3) is 4.03. The Morgan fingerprint density at radius 1 is 1.10 bits per heavy atom. The third-order valence-electron chi connectivity index (χ3n) is 8.44. The van der Waals surface area contributed by atoms with E-state index in [1.807, 2.05) is 41.0 Å². The van der Waals surface area contributed by atoms with E-state index in [1.165, 1.54) is 6.07 Å². The van der Waals surface area contributed by atoms with Gasteiger partial charge in [-0.15, -0.1) is 0 Å². The molecule has 1 unspecified atom stereocenters. The zero-order chi connectivity index (χ0) is 27.4. The Hall–Kier alpha value is -3.95. The fourth-order valence-corrected chi connectivity index (χ4v) is 6.32. The summed E-state index contributed by atoms with van der Waals surface area (Å²) in [5.41, 5.74) is 0.877. The Balaban J connectivity index is 1.42. The van der Waals surface area contributed by atoms with Gasteiger partial charge in [0.05, 0.1) is 24.3 Å². The maximum Gasteiger partial charge on any atom is 0.259 e. The molecule has 0 bridgehead atoms. The van der Waals surface area contributed by atoms with Gasteiger partial charge in [0.15, 0.2) is 17.3 Å². The molecule has 4 aromatic rings. The van der Waals surface area contributed by atoms with Crippen molar-refractivity contribution in [3.8, 4) is 17.2 Å². The number of rotatable bonds is 5. The lowest BCUT2D eigenvalue weighted by Gasteiger charge is -2.29. The summed E-state index contributed by atoms with van der Waals surface area (Å²) in [7, 11) is 0. The number of carbonyl (C=O) groups excluding carboxylic acids is 1. The van der Waals surface area contributed by atoms with Crippen LogP contribution in [0.4, 0.5) is 10.1 Å². The van der Waals surface area contributed by atoms with Crippen LogP contribution < -0.4 is 15.5 Å². The number of anilines is 1. The quantitative estimate of drug-likeness (QED) is 0.345. The zero-order valence-electron chi connectivity index (χ0n) is 22.4. The monoisotopic (exact) mass is 542 g/mol. The van der Waals surface area contributed by atoms with E-state index in [0.29, 0.717) is 55.8 Å². The van der Waals surface area contributed by atoms with E-state index >= 15 is 4.39 Å². The maximum atomic E-state index is 15.9. The number of morpholine rings is 1. The third-order valence-corrected chi connectivity index (χ3v) is 8.44. The van der Waals surface area contributed by atoms with Gasteiger partial charge >= 0.3 is 0 Å². The van der Waals surface area contributed by atoms with Crippen molar-refractivity contribution in [2.45, 2.75) is 25.8 Å². The molecule has 3 aromatic carbocycles. The number of carbonyl (C=O) groups is 1. The number of pyridine rings is 1. The molecule has 3 aliphatic rings. The predicted octanol–water partition coefficient (Wildman–Crippen LogP) is 4.76. The molecule has 1 N–H and O–H groups in total. The standard InChI is InChI=1S/C31H31FN4O4/c1-2-34-9-5-8-21(34)17-33-27-24(32)16-22-28-30(27)40-26-15-20-7-4-3-6-19(20)14-25(26)36(28)18-23(29(22)37)31(38)35-10-12-39-13-11-35/h3-4,6-7,14-16,18,21,33H,2,5,8-13,17H2,1H3. The number of hydrogen-bond acceptors (Lipinski definition) is 6. The molecule has 0 radical (unpaired) electrons. The van der Waals surface area contributed by atoms with E-state index in [4.69, 9.17) is 9.47 Å². The van der Waals surface area contributed by atoms with E-state index in [9.17, 15) is 9.59 Å². The van der Waals surface area contributed by atoms with Crippen molar-refractivity contribution in [2.24, 2.45) is 0 Å². The Kier molecular flexibility index (Phi) is 6.20. The van der Waals surface area contributed by atoms with Crippen molar-refractivity contribution in [1.82, 2.24) is 14.4 Å². The number of likely N-dealkylation sites (tertiary alicyclic amines) is 1. The van der Waals surface area contributed by atoms with Crippen LogP contribution in [0.2, 0.25) is 0 Å². The van der Waals surface area contributed by atoms with E-state index in [1.54, 1.807) is 11.1 Å². The second-order valence-corrected chi connectivity index (χ2v) is 10.7. The number of nitrogens with zero attached hydrogens (tertiary/aromatic N) is 3. The molecular weight excluding hydrogens is 511 g/mol. The second-order valence-electron chi connectivity index (χ2n) is 10.7. The largest absolute Gasteiger partial charge is 0.451 e. The fourth-order valence-electron chi connectivity index (χ4n) is 6.32. The number of nitrogens with one attached hydrogen (secondary N) is 1. The second kappa shape index (κ2) is 9.91. The van der Waals surface area contributed by atoms with Crippen molar-refractivity contribution in [1.29, 1.82) is 0 Å². The average Bonchev–Trinajstić information content (AvgIpc) is 3.45. The topological polar surface area (TPSA) is 76.0 Å². The van der Waals surface area contributed by atoms with E-state index < -0.39 is 11.2 Å². The molecule has 2 saturated heterocycles. The zero-order valence-corrected chi connectivity index (χ0v) is 22.4. The first-order valence-corrected chi connectivity index (χ1v) is 14.0. The molecule has 40 heavy (non-hydrogen) atoms. The summed E-state index contributed by atoms with van der Waals surface area (Å²) < 4.78 is 29.5. The minimum absolute atomic E-state index is 0.00557. The summed E-state index contributed by atoms with van der Waals surface area (Å²) in [5, 5.41) is 5.40. The van der Waals surface area contributed by atoms with Crippen LogP contribution in [-0.2, 0) is 4.74 Å². The summed E-state index contributed by atoms with van der Waals surface area (Å²) in [6.45, 7) is 6.31. The van der Waals surface area contributed by atoms with E-state index in [-0.39, 0.29) is 28.3 Å². The van der Waals surface area contributed by atoms with Gasteiger partial charge in [-0.05, 0) is 54.9 Å². The van der Waals surface area contributed by atoms with Gasteiger partial charge in [-0.1, -0.05) is 31.2 Å². The van der Waals surface area contributed by atoms with Crippen LogP contribution in [0.5, 0.6) is 11.5 Å². The molecular formula is C31H31FN4O4. The van der Waals surface area contributed by atoms with Crippen LogP contribution >= 0.6 is 0 Å². The highest BCUT2D eigenvalue weighted by molar-refractivity contribution is 6.02. The molecule has 206 valence electrons. The van der Waals surface area contributed by atoms with Gasteiger partial charge in [0.25, 0.3) is 5.91 Å². The Morgan fingerprint density at radius 3 is 2.65 bits per heavy atom. The number of aromatic nitrogens is 1. The van der Waals surface area contributed by atoms with Crippen LogP contribution in [0, 0.1) is 5.82 Å². The number of benzene rings is 3. The molecule has 0 aliphatic carbocycles. The van der Waals surface area contributed by atoms with Crippen LogP contribution in [0.15, 0.2) is 53.5 Å². The maximum absolute atomic E-state index is 15.9. The van der Waals surface area contributed by atoms with Gasteiger partial charge in [-0.3, -0.25) is 14.5 Å². The van der Waals surface area contributed by atoms with Crippen LogP contribution in [0.1, 0.15) is 30.1 Å². The molecule has 7 rings (SSSR count). The summed E-state index contributed by atoms with van der Waals surface area (Å²) >= 11 is 0. The SMILES string of the molecule is CCN1CCCC1CNc1c(F)cc2c(=O)c(C(=O)N3CCOCC3)cn3c2c1Oc1cc2ccccc2cc1-3. The van der Waals surface area contributed by atoms with Gasteiger partial charge in [0.2, 0.25) is 5.43 Å². The predicted molar refractivity (Wildman–Crippen MR) is 153 cm³/mol. The smallest absolute Gasteiger partial charge is 0.259 e. The Labute approximate surface area is 230 Å². The lowest BCUT2D eigenvalue weighted by atomic mass is 10.0. The van der Waals surface area contributed by atoms with Gasteiger partial charge in [-0.25, -0.2) is 4.39 Å². The van der Waals surface area contributed by atoms with Crippen molar-refractivity contribution >= 4 is 33.3 Å². The summed E-state index contributed by atoms with van der Waals surface area (Å²) in [4.78, 5) is 31.3. The molecule has 0 spiro atoms. The highest BCUT2D eigenvalue weighted by Crippen LogP contribution is 2.46. The number of halogens is 1. The Morgan fingerprint density at radius 2 is 1.88 bits per heavy atom. The van der Waals surface area contributed by atoms with Gasteiger partial charge in [0.1, 0.15) is 16.8 Å². The molecule has 9 heteroatoms. The lowest BCUT2D eigenvalue weighted by Crippen LogP contribution is -2.42. The van der Waals surface area contributed by atoms with Crippen molar-refractivity contribution < 1.29 is 18.7 Å². The number of hydrogen-bond donors (Lipinski definition) is 1. The molecule has 4 heterocycles. The van der Waals surface area contributed by atoms with E-state index in [0.717, 1.165) is 36.7 Å². The average molecular weight is 543 g/mol. The number of ether oxygens (including phenoxy) is 2. The minimum atomic E-state index is -0.576. The van der Waals surface area contributed by atoms with Gasteiger partial charge in [-0.2, -0.15) is 0 Å². The number of fused-ring (bicyclic) bond motifs is 3. The summed E-state index contributed by atoms with van der Waals surface area (Å²) in [5.74, 6) is -0.155. The molecule has 1 amide bonds. The summed E-state index contributed by atoms with van der Waals surface area (Å²) in [6, 6.07) is 13.4.